The molecule has 134 valence electrons. The van der Waals surface area contributed by atoms with E-state index in [2.05, 4.69) is 5.32 Å². The monoisotopic (exact) mass is 362 g/mol. The number of fused-ring (bicyclic) bond motifs is 1. The lowest BCUT2D eigenvalue weighted by molar-refractivity contribution is 0.0119. The maximum absolute atomic E-state index is 12.6. The number of carboxylic acid groups (broad SMARTS) is 1. The second kappa shape index (κ2) is 6.65. The van der Waals surface area contributed by atoms with Crippen molar-refractivity contribution in [3.8, 4) is 0 Å². The highest BCUT2D eigenvalue weighted by atomic mass is 32.1. The molecule has 1 atom stereocenters. The number of nitrogens with one attached hydrogen (secondary N) is 1. The molecule has 1 aliphatic heterocycles. The van der Waals surface area contributed by atoms with Crippen LogP contribution in [-0.4, -0.2) is 47.3 Å². The van der Waals surface area contributed by atoms with E-state index in [1.54, 1.807) is 11.0 Å². The van der Waals surface area contributed by atoms with Crippen molar-refractivity contribution in [1.82, 2.24) is 10.2 Å². The van der Waals surface area contributed by atoms with E-state index in [4.69, 9.17) is 4.74 Å². The molecule has 2 N–H and O–H groups in total. The van der Waals surface area contributed by atoms with Crippen LogP contribution in [0.3, 0.4) is 0 Å². The fourth-order valence-electron chi connectivity index (χ4n) is 3.00. The minimum absolute atomic E-state index is 0.191. The molecule has 0 saturated carbocycles. The van der Waals surface area contributed by atoms with Crippen molar-refractivity contribution in [2.75, 3.05) is 19.6 Å². The van der Waals surface area contributed by atoms with Crippen LogP contribution < -0.4 is 5.32 Å². The van der Waals surface area contributed by atoms with Gasteiger partial charge in [-0.25, -0.2) is 9.59 Å². The minimum atomic E-state index is -0.932. The summed E-state index contributed by atoms with van der Waals surface area (Å²) in [5.74, 6) is -0.932. The molecule has 2 aromatic rings. The van der Waals surface area contributed by atoms with Gasteiger partial charge in [0.15, 0.2) is 0 Å². The van der Waals surface area contributed by atoms with Crippen LogP contribution in [0.1, 0.15) is 42.0 Å². The molecule has 0 aliphatic carbocycles. The van der Waals surface area contributed by atoms with Gasteiger partial charge in [0.05, 0.1) is 6.04 Å². The lowest BCUT2D eigenvalue weighted by Crippen LogP contribution is -2.50. The standard InChI is InChI=1S/C18H22N2O4S/c1-18(2,3)24-17(23)20-8-7-19-10-13(20)11-5-4-6-14-12(11)9-15(25-14)16(21)22/h4-6,9,13,19H,7-8,10H2,1-3H3,(H,21,22). The first-order valence-corrected chi connectivity index (χ1v) is 9.04. The number of aromatic carboxylic acids is 1. The first-order valence-electron chi connectivity index (χ1n) is 8.22. The lowest BCUT2D eigenvalue weighted by Gasteiger charge is -2.37. The zero-order valence-corrected chi connectivity index (χ0v) is 15.4. The smallest absolute Gasteiger partial charge is 0.410 e. The maximum Gasteiger partial charge on any atom is 0.410 e. The Morgan fingerprint density at radius 3 is 2.80 bits per heavy atom. The lowest BCUT2D eigenvalue weighted by atomic mass is 10.00. The highest BCUT2D eigenvalue weighted by Gasteiger charge is 2.32. The van der Waals surface area contributed by atoms with Crippen molar-refractivity contribution < 1.29 is 19.4 Å². The molecule has 1 aromatic carbocycles. The number of piperazine rings is 1. The molecule has 7 heteroatoms. The Hall–Kier alpha value is -2.12. The molecule has 1 unspecified atom stereocenters. The SMILES string of the molecule is CC(C)(C)OC(=O)N1CCNCC1c1cccc2sc(C(=O)O)cc12. The average Bonchev–Trinajstić information content (AvgIpc) is 2.97. The Labute approximate surface area is 150 Å². The maximum atomic E-state index is 12.6. The van der Waals surface area contributed by atoms with Gasteiger partial charge in [-0.05, 0) is 43.9 Å². The van der Waals surface area contributed by atoms with Crippen molar-refractivity contribution in [2.24, 2.45) is 0 Å². The molecule has 1 amide bonds. The number of rotatable bonds is 2. The molecule has 1 aromatic heterocycles. The van der Waals surface area contributed by atoms with Gasteiger partial charge in [0.1, 0.15) is 10.5 Å². The topological polar surface area (TPSA) is 78.9 Å². The fraction of sp³-hybridized carbons (Fsp3) is 0.444. The first kappa shape index (κ1) is 17.7. The van der Waals surface area contributed by atoms with Gasteiger partial charge >= 0.3 is 12.1 Å². The van der Waals surface area contributed by atoms with E-state index >= 15 is 0 Å². The summed E-state index contributed by atoms with van der Waals surface area (Å²) in [4.78, 5) is 26.0. The Balaban J connectivity index is 1.99. The van der Waals surface area contributed by atoms with Gasteiger partial charge in [-0.15, -0.1) is 11.3 Å². The van der Waals surface area contributed by atoms with E-state index in [1.807, 2.05) is 39.0 Å². The number of thiophene rings is 1. The highest BCUT2D eigenvalue weighted by Crippen LogP contribution is 2.34. The van der Waals surface area contributed by atoms with Gasteiger partial charge in [-0.3, -0.25) is 4.90 Å². The molecule has 1 aliphatic rings. The number of amides is 1. The summed E-state index contributed by atoms with van der Waals surface area (Å²) < 4.78 is 6.46. The van der Waals surface area contributed by atoms with Gasteiger partial charge in [0.25, 0.3) is 0 Å². The van der Waals surface area contributed by atoms with Crippen LogP contribution in [0.5, 0.6) is 0 Å². The molecule has 2 heterocycles. The Morgan fingerprint density at radius 1 is 1.36 bits per heavy atom. The third kappa shape index (κ3) is 3.77. The largest absolute Gasteiger partial charge is 0.477 e. The van der Waals surface area contributed by atoms with Crippen molar-refractivity contribution in [3.05, 3.63) is 34.7 Å². The summed E-state index contributed by atoms with van der Waals surface area (Å²) in [5, 5.41) is 13.5. The van der Waals surface area contributed by atoms with Crippen LogP contribution in [0.4, 0.5) is 4.79 Å². The molecule has 1 fully saturated rings. The van der Waals surface area contributed by atoms with Crippen LogP contribution >= 0.6 is 11.3 Å². The molecule has 0 bridgehead atoms. The van der Waals surface area contributed by atoms with E-state index < -0.39 is 11.6 Å². The zero-order chi connectivity index (χ0) is 18.2. The molecule has 25 heavy (non-hydrogen) atoms. The summed E-state index contributed by atoms with van der Waals surface area (Å²) in [5.41, 5.74) is 0.386. The summed E-state index contributed by atoms with van der Waals surface area (Å²) >= 11 is 1.25. The van der Waals surface area contributed by atoms with Gasteiger partial charge in [0.2, 0.25) is 0 Å². The third-order valence-corrected chi connectivity index (χ3v) is 5.12. The molecule has 6 nitrogen and oxygen atoms in total. The summed E-state index contributed by atoms with van der Waals surface area (Å²) in [6.07, 6.45) is -0.343. The second-order valence-electron chi connectivity index (χ2n) is 7.07. The second-order valence-corrected chi connectivity index (χ2v) is 8.15. The van der Waals surface area contributed by atoms with Gasteiger partial charge in [-0.2, -0.15) is 0 Å². The van der Waals surface area contributed by atoms with Crippen molar-refractivity contribution in [2.45, 2.75) is 32.4 Å². The van der Waals surface area contributed by atoms with Crippen molar-refractivity contribution in [3.63, 3.8) is 0 Å². The summed E-state index contributed by atoms with van der Waals surface area (Å²) in [6, 6.07) is 7.27. The quantitative estimate of drug-likeness (QED) is 0.855. The number of hydrogen-bond acceptors (Lipinski definition) is 5. The predicted octanol–water partition coefficient (Wildman–Crippen LogP) is 3.48. The summed E-state index contributed by atoms with van der Waals surface area (Å²) in [6.45, 7) is 7.40. The average molecular weight is 362 g/mol. The van der Waals surface area contributed by atoms with Crippen LogP contribution in [0.2, 0.25) is 0 Å². The van der Waals surface area contributed by atoms with Gasteiger partial charge in [0, 0.05) is 24.3 Å². The summed E-state index contributed by atoms with van der Waals surface area (Å²) in [7, 11) is 0. The number of carbonyl (C=O) groups excluding carboxylic acids is 1. The third-order valence-electron chi connectivity index (χ3n) is 4.04. The Bertz CT molecular complexity index is 809. The first-order chi connectivity index (χ1) is 11.8. The number of carbonyl (C=O) groups is 2. The van der Waals surface area contributed by atoms with E-state index in [1.165, 1.54) is 11.3 Å². The minimum Gasteiger partial charge on any atom is -0.477 e. The highest BCUT2D eigenvalue weighted by molar-refractivity contribution is 7.20. The molecule has 0 radical (unpaired) electrons. The number of carboxylic acids is 1. The number of ether oxygens (including phenoxy) is 1. The van der Waals surface area contributed by atoms with E-state index in [0.717, 1.165) is 15.6 Å². The fourth-order valence-corrected chi connectivity index (χ4v) is 3.94. The van der Waals surface area contributed by atoms with Gasteiger partial charge in [-0.1, -0.05) is 12.1 Å². The van der Waals surface area contributed by atoms with Crippen LogP contribution in [0.15, 0.2) is 24.3 Å². The molecule has 1 saturated heterocycles. The normalized spacial score (nSPS) is 18.4. The van der Waals surface area contributed by atoms with Crippen LogP contribution in [0, 0.1) is 0 Å². The Morgan fingerprint density at radius 2 is 2.12 bits per heavy atom. The molecular formula is C18H22N2O4S. The van der Waals surface area contributed by atoms with Crippen molar-refractivity contribution >= 4 is 33.5 Å². The van der Waals surface area contributed by atoms with Gasteiger partial charge < -0.3 is 15.2 Å². The number of nitrogens with zero attached hydrogens (tertiary/aromatic N) is 1. The Kier molecular flexibility index (Phi) is 4.71. The van der Waals surface area contributed by atoms with E-state index in [0.29, 0.717) is 24.5 Å². The van der Waals surface area contributed by atoms with E-state index in [-0.39, 0.29) is 12.1 Å². The molecule has 0 spiro atoms. The predicted molar refractivity (Wildman–Crippen MR) is 97.3 cm³/mol. The van der Waals surface area contributed by atoms with Crippen LogP contribution in [-0.2, 0) is 4.74 Å². The van der Waals surface area contributed by atoms with E-state index in [9.17, 15) is 14.7 Å². The van der Waals surface area contributed by atoms with Crippen LogP contribution in [0.25, 0.3) is 10.1 Å². The molecule has 3 rings (SSSR count). The number of hydrogen-bond donors (Lipinski definition) is 2. The zero-order valence-electron chi connectivity index (χ0n) is 14.5. The number of benzene rings is 1. The van der Waals surface area contributed by atoms with Crippen molar-refractivity contribution in [1.29, 1.82) is 0 Å². The molecular weight excluding hydrogens is 340 g/mol.